The van der Waals surface area contributed by atoms with E-state index in [-0.39, 0.29) is 12.2 Å². The Kier molecular flexibility index (Phi) is 7.12. The third-order valence-corrected chi connectivity index (χ3v) is 6.23. The van der Waals surface area contributed by atoms with Crippen molar-refractivity contribution < 1.29 is 9.47 Å². The lowest BCUT2D eigenvalue weighted by Gasteiger charge is -2.34. The van der Waals surface area contributed by atoms with E-state index >= 15 is 0 Å². The standard InChI is InChI=1S/C27H31N5O2/c1-21-28-25-13-14-26(30-32(25)29-21)33-20-8-17-31-18-15-24(16-19-31)34-27(22-9-4-2-5-10-22)23-11-6-3-7-12-23/h2-7,9-14,24,27H,8,15-20H2,1H3. The molecule has 0 atom stereocenters. The van der Waals surface area contributed by atoms with E-state index in [0.717, 1.165) is 44.5 Å². The number of fused-ring (bicyclic) bond motifs is 1. The first-order chi connectivity index (χ1) is 16.7. The zero-order chi connectivity index (χ0) is 23.2. The largest absolute Gasteiger partial charge is 0.477 e. The first-order valence-electron chi connectivity index (χ1n) is 12.1. The Morgan fingerprint density at radius 3 is 2.24 bits per heavy atom. The molecule has 0 radical (unpaired) electrons. The maximum atomic E-state index is 6.66. The van der Waals surface area contributed by atoms with Crippen LogP contribution in [0.1, 0.15) is 42.3 Å². The molecule has 0 saturated carbocycles. The quantitative estimate of drug-likeness (QED) is 0.346. The number of nitrogens with zero attached hydrogens (tertiary/aromatic N) is 5. The van der Waals surface area contributed by atoms with Gasteiger partial charge < -0.3 is 14.4 Å². The Hall–Kier alpha value is -3.29. The molecule has 2 aromatic carbocycles. The summed E-state index contributed by atoms with van der Waals surface area (Å²) in [6.07, 6.45) is 3.28. The van der Waals surface area contributed by atoms with E-state index in [9.17, 15) is 0 Å². The summed E-state index contributed by atoms with van der Waals surface area (Å²) in [5, 5.41) is 8.59. The molecule has 0 aliphatic carbocycles. The van der Waals surface area contributed by atoms with Crippen molar-refractivity contribution in [2.45, 2.75) is 38.4 Å². The van der Waals surface area contributed by atoms with Crippen molar-refractivity contribution in [3.63, 3.8) is 0 Å². The minimum atomic E-state index is -0.0223. The number of ether oxygens (including phenoxy) is 2. The summed E-state index contributed by atoms with van der Waals surface area (Å²) in [4.78, 5) is 6.79. The van der Waals surface area contributed by atoms with Crippen LogP contribution in [0.15, 0.2) is 72.8 Å². The molecule has 0 bridgehead atoms. The summed E-state index contributed by atoms with van der Waals surface area (Å²) in [6, 6.07) is 24.8. The van der Waals surface area contributed by atoms with Gasteiger partial charge in [-0.25, -0.2) is 4.98 Å². The summed E-state index contributed by atoms with van der Waals surface area (Å²) in [5.41, 5.74) is 3.15. The van der Waals surface area contributed by atoms with E-state index in [4.69, 9.17) is 9.47 Å². The molecule has 0 N–H and O–H groups in total. The van der Waals surface area contributed by atoms with Gasteiger partial charge in [-0.1, -0.05) is 60.7 Å². The van der Waals surface area contributed by atoms with E-state index in [1.807, 2.05) is 19.1 Å². The van der Waals surface area contributed by atoms with Crippen LogP contribution in [-0.4, -0.2) is 57.1 Å². The van der Waals surface area contributed by atoms with Crippen molar-refractivity contribution in [3.8, 4) is 5.88 Å². The molecule has 34 heavy (non-hydrogen) atoms. The monoisotopic (exact) mass is 457 g/mol. The van der Waals surface area contributed by atoms with Crippen LogP contribution in [0, 0.1) is 6.92 Å². The maximum Gasteiger partial charge on any atom is 0.233 e. The fraction of sp³-hybridized carbons (Fsp3) is 0.370. The van der Waals surface area contributed by atoms with Crippen molar-refractivity contribution >= 4 is 5.65 Å². The van der Waals surface area contributed by atoms with Crippen LogP contribution in [-0.2, 0) is 4.74 Å². The Balaban J connectivity index is 1.08. The highest BCUT2D eigenvalue weighted by Gasteiger charge is 2.24. The lowest BCUT2D eigenvalue weighted by molar-refractivity contribution is -0.0273. The first kappa shape index (κ1) is 22.5. The molecule has 7 nitrogen and oxygen atoms in total. The molecule has 1 fully saturated rings. The molecule has 7 heteroatoms. The highest BCUT2D eigenvalue weighted by Crippen LogP contribution is 2.30. The molecule has 2 aromatic heterocycles. The number of hydrogen-bond donors (Lipinski definition) is 0. The molecule has 1 aliphatic heterocycles. The van der Waals surface area contributed by atoms with Gasteiger partial charge in [0.2, 0.25) is 5.88 Å². The van der Waals surface area contributed by atoms with Crippen LogP contribution < -0.4 is 4.74 Å². The lowest BCUT2D eigenvalue weighted by atomic mass is 10.00. The zero-order valence-electron chi connectivity index (χ0n) is 19.6. The average Bonchev–Trinajstić information content (AvgIpc) is 3.26. The molecule has 4 aromatic rings. The predicted molar refractivity (Wildman–Crippen MR) is 131 cm³/mol. The van der Waals surface area contributed by atoms with Crippen LogP contribution in [0.3, 0.4) is 0 Å². The topological polar surface area (TPSA) is 64.8 Å². The molecule has 1 aliphatic rings. The van der Waals surface area contributed by atoms with Crippen LogP contribution >= 0.6 is 0 Å². The summed E-state index contributed by atoms with van der Waals surface area (Å²) >= 11 is 0. The number of hydrogen-bond acceptors (Lipinski definition) is 6. The lowest BCUT2D eigenvalue weighted by Crippen LogP contribution is -2.38. The van der Waals surface area contributed by atoms with Crippen molar-refractivity contribution in [1.82, 2.24) is 24.7 Å². The average molecular weight is 458 g/mol. The van der Waals surface area contributed by atoms with E-state index in [1.54, 1.807) is 0 Å². The summed E-state index contributed by atoms with van der Waals surface area (Å²) in [6.45, 7) is 5.59. The molecule has 0 amide bonds. The normalized spacial score (nSPS) is 15.2. The van der Waals surface area contributed by atoms with E-state index in [2.05, 4.69) is 80.7 Å². The number of aromatic nitrogens is 4. The third-order valence-electron chi connectivity index (χ3n) is 6.23. The summed E-state index contributed by atoms with van der Waals surface area (Å²) in [5.74, 6) is 1.29. The van der Waals surface area contributed by atoms with Gasteiger partial charge in [0.15, 0.2) is 5.65 Å². The molecular formula is C27H31N5O2. The van der Waals surface area contributed by atoms with Gasteiger partial charge >= 0.3 is 0 Å². The predicted octanol–water partition coefficient (Wildman–Crippen LogP) is 4.47. The molecule has 0 spiro atoms. The van der Waals surface area contributed by atoms with Crippen LogP contribution in [0.5, 0.6) is 5.88 Å². The van der Waals surface area contributed by atoms with Crippen molar-refractivity contribution in [1.29, 1.82) is 0 Å². The molecule has 176 valence electrons. The van der Waals surface area contributed by atoms with Gasteiger partial charge in [0.25, 0.3) is 0 Å². The van der Waals surface area contributed by atoms with Crippen LogP contribution in [0.4, 0.5) is 0 Å². The minimum Gasteiger partial charge on any atom is -0.477 e. The summed E-state index contributed by atoms with van der Waals surface area (Å²) in [7, 11) is 0. The highest BCUT2D eigenvalue weighted by molar-refractivity contribution is 5.36. The summed E-state index contributed by atoms with van der Waals surface area (Å²) < 4.78 is 14.0. The number of benzene rings is 2. The van der Waals surface area contributed by atoms with Gasteiger partial charge in [-0.3, -0.25) is 0 Å². The van der Waals surface area contributed by atoms with Crippen LogP contribution in [0.2, 0.25) is 0 Å². The molecule has 0 unspecified atom stereocenters. The van der Waals surface area contributed by atoms with Gasteiger partial charge in [0.05, 0.1) is 12.7 Å². The molecular weight excluding hydrogens is 426 g/mol. The number of rotatable bonds is 9. The highest BCUT2D eigenvalue weighted by atomic mass is 16.5. The minimum absolute atomic E-state index is 0.0223. The van der Waals surface area contributed by atoms with E-state index < -0.39 is 0 Å². The fourth-order valence-corrected chi connectivity index (χ4v) is 4.48. The number of piperidine rings is 1. The molecule has 3 heterocycles. The second kappa shape index (κ2) is 10.8. The second-order valence-electron chi connectivity index (χ2n) is 8.76. The molecule has 1 saturated heterocycles. The second-order valence-corrected chi connectivity index (χ2v) is 8.76. The fourth-order valence-electron chi connectivity index (χ4n) is 4.48. The van der Waals surface area contributed by atoms with Gasteiger partial charge in [-0.15, -0.1) is 14.8 Å². The third kappa shape index (κ3) is 5.61. The first-order valence-corrected chi connectivity index (χ1v) is 12.1. The van der Waals surface area contributed by atoms with Gasteiger partial charge in [0.1, 0.15) is 11.9 Å². The van der Waals surface area contributed by atoms with Crippen LogP contribution in [0.25, 0.3) is 5.65 Å². The van der Waals surface area contributed by atoms with Gasteiger partial charge in [0, 0.05) is 25.7 Å². The number of aryl methyl sites for hydroxylation is 1. The smallest absolute Gasteiger partial charge is 0.233 e. The Morgan fingerprint density at radius 2 is 1.56 bits per heavy atom. The van der Waals surface area contributed by atoms with Gasteiger partial charge in [-0.2, -0.15) is 0 Å². The Bertz CT molecular complexity index is 1130. The van der Waals surface area contributed by atoms with Crippen molar-refractivity contribution in [3.05, 3.63) is 89.7 Å². The Labute approximate surface area is 200 Å². The zero-order valence-corrected chi connectivity index (χ0v) is 19.6. The van der Waals surface area contributed by atoms with Crippen molar-refractivity contribution in [2.75, 3.05) is 26.2 Å². The SMILES string of the molecule is Cc1nc2ccc(OCCCN3CCC(OC(c4ccccc4)c4ccccc4)CC3)nn2n1. The van der Waals surface area contributed by atoms with Gasteiger partial charge in [-0.05, 0) is 43.4 Å². The van der Waals surface area contributed by atoms with E-state index in [0.29, 0.717) is 18.3 Å². The van der Waals surface area contributed by atoms with E-state index in [1.165, 1.54) is 15.8 Å². The Morgan fingerprint density at radius 1 is 0.882 bits per heavy atom. The number of likely N-dealkylation sites (tertiary alicyclic amines) is 1. The molecule has 5 rings (SSSR count). The van der Waals surface area contributed by atoms with Crippen molar-refractivity contribution in [2.24, 2.45) is 0 Å². The maximum absolute atomic E-state index is 6.66.